The quantitative estimate of drug-likeness (QED) is 0.239. The van der Waals surface area contributed by atoms with E-state index in [2.05, 4.69) is 53.6 Å². The van der Waals surface area contributed by atoms with Gasteiger partial charge in [0.2, 0.25) is 5.91 Å². The summed E-state index contributed by atoms with van der Waals surface area (Å²) in [5, 5.41) is 6.15. The van der Waals surface area contributed by atoms with Crippen molar-refractivity contribution in [2.24, 2.45) is 10.9 Å². The molecule has 0 aliphatic carbocycles. The lowest BCUT2D eigenvalue weighted by atomic mass is 9.93. The van der Waals surface area contributed by atoms with E-state index in [1.54, 1.807) is 7.05 Å². The van der Waals surface area contributed by atoms with E-state index >= 15 is 0 Å². The number of amides is 1. The third-order valence-corrected chi connectivity index (χ3v) is 5.90. The second-order valence-electron chi connectivity index (χ2n) is 7.08. The monoisotopic (exact) mass is 518 g/mol. The smallest absolute Gasteiger partial charge is 0.220 e. The van der Waals surface area contributed by atoms with Crippen LogP contribution in [0, 0.1) is 12.8 Å². The van der Waals surface area contributed by atoms with Gasteiger partial charge in [-0.25, -0.2) is 0 Å². The van der Waals surface area contributed by atoms with Crippen LogP contribution < -0.4 is 10.6 Å². The molecule has 7 heteroatoms. The van der Waals surface area contributed by atoms with E-state index in [0.717, 1.165) is 56.5 Å². The summed E-state index contributed by atoms with van der Waals surface area (Å²) in [6.07, 6.45) is 2.76. The van der Waals surface area contributed by atoms with Crippen LogP contribution >= 0.6 is 35.7 Å². The average molecular weight is 519 g/mol. The molecule has 5 nitrogen and oxygen atoms in total. The van der Waals surface area contributed by atoms with Crippen LogP contribution in [-0.2, 0) is 10.5 Å². The minimum atomic E-state index is 0. The fourth-order valence-corrected chi connectivity index (χ4v) is 4.02. The molecule has 0 saturated carbocycles. The molecule has 2 rings (SSSR count). The SMILES string of the molecule is CCNC(=NCCSCc1ccc(C)cc1)N1CCC(CC(=O)NC)CC1.I. The number of benzene rings is 1. The number of thioether (sulfide) groups is 1. The molecule has 2 N–H and O–H groups in total. The van der Waals surface area contributed by atoms with E-state index in [0.29, 0.717) is 12.3 Å². The van der Waals surface area contributed by atoms with Gasteiger partial charge in [-0.3, -0.25) is 9.79 Å². The van der Waals surface area contributed by atoms with Crippen molar-refractivity contribution in [3.63, 3.8) is 0 Å². The Labute approximate surface area is 191 Å². The summed E-state index contributed by atoms with van der Waals surface area (Å²) in [6, 6.07) is 8.76. The van der Waals surface area contributed by atoms with Crippen molar-refractivity contribution >= 4 is 47.6 Å². The molecule has 0 spiro atoms. The number of halogens is 1. The first-order valence-corrected chi connectivity index (χ1v) is 11.1. The van der Waals surface area contributed by atoms with E-state index in [9.17, 15) is 4.79 Å². The van der Waals surface area contributed by atoms with Crippen LogP contribution in [0.5, 0.6) is 0 Å². The van der Waals surface area contributed by atoms with Crippen molar-refractivity contribution < 1.29 is 4.79 Å². The number of likely N-dealkylation sites (tertiary alicyclic amines) is 1. The van der Waals surface area contributed by atoms with Crippen molar-refractivity contribution in [3.05, 3.63) is 35.4 Å². The highest BCUT2D eigenvalue weighted by atomic mass is 127. The van der Waals surface area contributed by atoms with Gasteiger partial charge in [-0.1, -0.05) is 29.8 Å². The molecular formula is C21H35IN4OS. The summed E-state index contributed by atoms with van der Waals surface area (Å²) in [5.41, 5.74) is 2.68. The van der Waals surface area contributed by atoms with Gasteiger partial charge in [0.15, 0.2) is 5.96 Å². The summed E-state index contributed by atoms with van der Waals surface area (Å²) in [5.74, 6) is 3.73. The highest BCUT2D eigenvalue weighted by Gasteiger charge is 2.22. The topological polar surface area (TPSA) is 56.7 Å². The molecule has 0 radical (unpaired) electrons. The zero-order valence-electron chi connectivity index (χ0n) is 17.4. The maximum atomic E-state index is 11.6. The van der Waals surface area contributed by atoms with Gasteiger partial charge in [-0.15, -0.1) is 24.0 Å². The lowest BCUT2D eigenvalue weighted by molar-refractivity contribution is -0.121. The summed E-state index contributed by atoms with van der Waals surface area (Å²) >= 11 is 1.93. The van der Waals surface area contributed by atoms with Gasteiger partial charge in [0.1, 0.15) is 0 Å². The van der Waals surface area contributed by atoms with Crippen LogP contribution in [0.2, 0.25) is 0 Å². The summed E-state index contributed by atoms with van der Waals surface area (Å²) in [4.78, 5) is 18.7. The first kappa shape index (κ1) is 25.1. The van der Waals surface area contributed by atoms with Gasteiger partial charge in [0, 0.05) is 44.6 Å². The Morgan fingerprint density at radius 3 is 2.54 bits per heavy atom. The highest BCUT2D eigenvalue weighted by molar-refractivity contribution is 14.0. The number of guanidine groups is 1. The van der Waals surface area contributed by atoms with Crippen LogP contribution in [0.4, 0.5) is 0 Å². The van der Waals surface area contributed by atoms with Gasteiger partial charge >= 0.3 is 0 Å². The molecule has 1 aromatic rings. The minimum absolute atomic E-state index is 0. The lowest BCUT2D eigenvalue weighted by Gasteiger charge is -2.34. The highest BCUT2D eigenvalue weighted by Crippen LogP contribution is 2.20. The first-order chi connectivity index (χ1) is 13.1. The van der Waals surface area contributed by atoms with Crippen LogP contribution in [0.25, 0.3) is 0 Å². The molecule has 0 bridgehead atoms. The predicted molar refractivity (Wildman–Crippen MR) is 132 cm³/mol. The minimum Gasteiger partial charge on any atom is -0.359 e. The number of aryl methyl sites for hydroxylation is 1. The molecule has 1 heterocycles. The molecule has 1 aliphatic rings. The van der Waals surface area contributed by atoms with Crippen molar-refractivity contribution in [2.75, 3.05) is 39.0 Å². The van der Waals surface area contributed by atoms with E-state index in [4.69, 9.17) is 4.99 Å². The van der Waals surface area contributed by atoms with Crippen LogP contribution in [0.15, 0.2) is 29.3 Å². The first-order valence-electron chi connectivity index (χ1n) is 9.99. The molecule has 0 atom stereocenters. The van der Waals surface area contributed by atoms with Crippen LogP contribution in [-0.4, -0.2) is 55.7 Å². The molecule has 1 aliphatic heterocycles. The number of carbonyl (C=O) groups is 1. The maximum absolute atomic E-state index is 11.6. The van der Waals surface area contributed by atoms with Gasteiger partial charge in [0.25, 0.3) is 0 Å². The second kappa shape index (κ2) is 14.1. The molecular weight excluding hydrogens is 483 g/mol. The van der Waals surface area contributed by atoms with E-state index in [-0.39, 0.29) is 29.9 Å². The number of carbonyl (C=O) groups excluding carboxylic acids is 1. The average Bonchev–Trinajstić information content (AvgIpc) is 2.69. The number of hydrogen-bond donors (Lipinski definition) is 2. The number of nitrogens with zero attached hydrogens (tertiary/aromatic N) is 2. The third kappa shape index (κ3) is 9.03. The lowest BCUT2D eigenvalue weighted by Crippen LogP contribution is -2.46. The van der Waals surface area contributed by atoms with Gasteiger partial charge in [-0.05, 0) is 38.2 Å². The second-order valence-corrected chi connectivity index (χ2v) is 8.19. The van der Waals surface area contributed by atoms with Crippen LogP contribution in [0.3, 0.4) is 0 Å². The Bertz CT molecular complexity index is 601. The van der Waals surface area contributed by atoms with Gasteiger partial charge < -0.3 is 15.5 Å². The van der Waals surface area contributed by atoms with Crippen molar-refractivity contribution in [2.45, 2.75) is 38.9 Å². The number of hydrogen-bond acceptors (Lipinski definition) is 3. The summed E-state index contributed by atoms with van der Waals surface area (Å²) in [6.45, 7) is 7.90. The Balaban J connectivity index is 0.00000392. The molecule has 0 aromatic heterocycles. The zero-order chi connectivity index (χ0) is 19.5. The van der Waals surface area contributed by atoms with Crippen molar-refractivity contribution in [3.8, 4) is 0 Å². The number of rotatable bonds is 8. The fourth-order valence-electron chi connectivity index (χ4n) is 3.23. The molecule has 0 unspecified atom stereocenters. The normalized spacial score (nSPS) is 15.1. The Morgan fingerprint density at radius 2 is 1.93 bits per heavy atom. The van der Waals surface area contributed by atoms with Crippen LogP contribution in [0.1, 0.15) is 37.3 Å². The molecule has 1 fully saturated rings. The summed E-state index contributed by atoms with van der Waals surface area (Å²) in [7, 11) is 1.71. The zero-order valence-corrected chi connectivity index (χ0v) is 20.5. The van der Waals surface area contributed by atoms with Gasteiger partial charge in [0.05, 0.1) is 6.54 Å². The Morgan fingerprint density at radius 1 is 1.25 bits per heavy atom. The molecule has 28 heavy (non-hydrogen) atoms. The molecule has 1 saturated heterocycles. The Kier molecular flexibility index (Phi) is 12.6. The third-order valence-electron chi connectivity index (χ3n) is 4.89. The van der Waals surface area contributed by atoms with E-state index in [1.165, 1.54) is 11.1 Å². The number of aliphatic imine (C=N–C) groups is 1. The maximum Gasteiger partial charge on any atom is 0.220 e. The number of piperidine rings is 1. The van der Waals surface area contributed by atoms with Crippen molar-refractivity contribution in [1.82, 2.24) is 15.5 Å². The predicted octanol–water partition coefficient (Wildman–Crippen LogP) is 3.66. The van der Waals surface area contributed by atoms with Gasteiger partial charge in [-0.2, -0.15) is 11.8 Å². The van der Waals surface area contributed by atoms with E-state index < -0.39 is 0 Å². The standard InChI is InChI=1S/C21H34N4OS.HI/c1-4-23-21(25-12-9-18(10-13-25)15-20(26)22-3)24-11-14-27-16-19-7-5-17(2)6-8-19;/h5-8,18H,4,9-16H2,1-3H3,(H,22,26)(H,23,24);1H. The number of nitrogens with one attached hydrogen (secondary N) is 2. The molecule has 158 valence electrons. The summed E-state index contributed by atoms with van der Waals surface area (Å²) < 4.78 is 0. The van der Waals surface area contributed by atoms with Crippen molar-refractivity contribution in [1.29, 1.82) is 0 Å². The fraction of sp³-hybridized carbons (Fsp3) is 0.619. The van der Waals surface area contributed by atoms with E-state index in [1.807, 2.05) is 11.8 Å². The molecule has 1 aromatic carbocycles. The molecule has 1 amide bonds. The largest absolute Gasteiger partial charge is 0.359 e. The Hall–Kier alpha value is -0.960.